The largest absolute Gasteiger partial charge is 0.492 e. The molecule has 102 valence electrons. The van der Waals surface area contributed by atoms with E-state index >= 15 is 0 Å². The second-order valence-corrected chi connectivity index (χ2v) is 7.14. The van der Waals surface area contributed by atoms with Crippen LogP contribution in [0.1, 0.15) is 19.4 Å². The first-order chi connectivity index (χ1) is 8.35. The van der Waals surface area contributed by atoms with E-state index < -0.39 is 20.9 Å². The van der Waals surface area contributed by atoms with Gasteiger partial charge in [0.15, 0.2) is 9.84 Å². The third kappa shape index (κ3) is 4.46. The standard InChI is InChI=1S/C12H16ClFO3S/c1-9(2)18(15,16)4-3-17-12-6-10(8-13)5-11(14)7-12/h5-7,9H,3-4,8H2,1-2H3. The molecule has 18 heavy (non-hydrogen) atoms. The highest BCUT2D eigenvalue weighted by atomic mass is 35.5. The lowest BCUT2D eigenvalue weighted by molar-refractivity contribution is 0.338. The molecule has 0 unspecified atom stereocenters. The molecule has 6 heteroatoms. The molecule has 0 atom stereocenters. The number of ether oxygens (including phenoxy) is 1. The quantitative estimate of drug-likeness (QED) is 0.758. The van der Waals surface area contributed by atoms with Crippen LogP contribution >= 0.6 is 11.6 Å². The number of alkyl halides is 1. The van der Waals surface area contributed by atoms with Crippen molar-refractivity contribution >= 4 is 21.4 Å². The van der Waals surface area contributed by atoms with Gasteiger partial charge in [-0.25, -0.2) is 12.8 Å². The summed E-state index contributed by atoms with van der Waals surface area (Å²) in [6.07, 6.45) is 0. The van der Waals surface area contributed by atoms with Crippen LogP contribution in [0.3, 0.4) is 0 Å². The Balaban J connectivity index is 2.62. The molecule has 3 nitrogen and oxygen atoms in total. The molecule has 1 aromatic rings. The van der Waals surface area contributed by atoms with Gasteiger partial charge in [-0.1, -0.05) is 0 Å². The average Bonchev–Trinajstić information content (AvgIpc) is 2.27. The number of halogens is 2. The van der Waals surface area contributed by atoms with Crippen LogP contribution in [0.2, 0.25) is 0 Å². The van der Waals surface area contributed by atoms with Crippen molar-refractivity contribution in [3.8, 4) is 5.75 Å². The summed E-state index contributed by atoms with van der Waals surface area (Å²) in [4.78, 5) is 0. The first-order valence-corrected chi connectivity index (χ1v) is 7.80. The molecule has 0 N–H and O–H groups in total. The van der Waals surface area contributed by atoms with E-state index in [1.807, 2.05) is 0 Å². The molecule has 0 aliphatic heterocycles. The molecule has 0 saturated carbocycles. The van der Waals surface area contributed by atoms with Gasteiger partial charge in [0.1, 0.15) is 18.2 Å². The Labute approximate surface area is 112 Å². The van der Waals surface area contributed by atoms with E-state index in [2.05, 4.69) is 0 Å². The van der Waals surface area contributed by atoms with Gasteiger partial charge in [0.05, 0.1) is 11.0 Å². The molecule has 0 aliphatic carbocycles. The van der Waals surface area contributed by atoms with Crippen molar-refractivity contribution in [2.45, 2.75) is 25.0 Å². The fraction of sp³-hybridized carbons (Fsp3) is 0.500. The van der Waals surface area contributed by atoms with Gasteiger partial charge in [0, 0.05) is 11.9 Å². The van der Waals surface area contributed by atoms with Gasteiger partial charge in [-0.2, -0.15) is 0 Å². The van der Waals surface area contributed by atoms with Crippen molar-refractivity contribution in [1.29, 1.82) is 0 Å². The number of rotatable bonds is 6. The van der Waals surface area contributed by atoms with Gasteiger partial charge in [-0.05, 0) is 31.5 Å². The summed E-state index contributed by atoms with van der Waals surface area (Å²) in [6, 6.07) is 4.11. The molecule has 0 fully saturated rings. The Kier molecular flexibility index (Phi) is 5.41. The normalized spacial score (nSPS) is 11.8. The van der Waals surface area contributed by atoms with Gasteiger partial charge in [-0.3, -0.25) is 0 Å². The maximum atomic E-state index is 13.1. The Morgan fingerprint density at radius 3 is 2.56 bits per heavy atom. The molecule has 0 aliphatic rings. The average molecular weight is 295 g/mol. The van der Waals surface area contributed by atoms with Crippen LogP contribution in [-0.2, 0) is 15.7 Å². The first-order valence-electron chi connectivity index (χ1n) is 5.55. The predicted molar refractivity (Wildman–Crippen MR) is 70.4 cm³/mol. The molecule has 0 amide bonds. The van der Waals surface area contributed by atoms with Crippen LogP contribution in [0.5, 0.6) is 5.75 Å². The number of hydrogen-bond acceptors (Lipinski definition) is 3. The highest BCUT2D eigenvalue weighted by Crippen LogP contribution is 2.18. The Morgan fingerprint density at radius 1 is 1.33 bits per heavy atom. The molecule has 0 bridgehead atoms. The Morgan fingerprint density at radius 2 is 2.00 bits per heavy atom. The molecule has 1 rings (SSSR count). The first kappa shape index (κ1) is 15.2. The fourth-order valence-electron chi connectivity index (χ4n) is 1.29. The third-order valence-corrected chi connectivity index (χ3v) is 4.92. The SMILES string of the molecule is CC(C)S(=O)(=O)CCOc1cc(F)cc(CCl)c1. The van der Waals surface area contributed by atoms with Crippen molar-refractivity contribution < 1.29 is 17.5 Å². The highest BCUT2D eigenvalue weighted by Gasteiger charge is 2.15. The Bertz CT molecular complexity index is 500. The minimum atomic E-state index is -3.14. The van der Waals surface area contributed by atoms with E-state index in [0.29, 0.717) is 11.3 Å². The topological polar surface area (TPSA) is 43.4 Å². The molecule has 0 radical (unpaired) electrons. The van der Waals surface area contributed by atoms with Crippen molar-refractivity contribution in [3.05, 3.63) is 29.6 Å². The summed E-state index contributed by atoms with van der Waals surface area (Å²) >= 11 is 5.60. The van der Waals surface area contributed by atoms with E-state index in [4.69, 9.17) is 16.3 Å². The summed E-state index contributed by atoms with van der Waals surface area (Å²) in [5.41, 5.74) is 0.596. The smallest absolute Gasteiger partial charge is 0.155 e. The summed E-state index contributed by atoms with van der Waals surface area (Å²) in [7, 11) is -3.14. The van der Waals surface area contributed by atoms with Crippen LogP contribution in [0.15, 0.2) is 18.2 Å². The van der Waals surface area contributed by atoms with Gasteiger partial charge in [0.2, 0.25) is 0 Å². The van der Waals surface area contributed by atoms with Crippen LogP contribution in [0.4, 0.5) is 4.39 Å². The summed E-state index contributed by atoms with van der Waals surface area (Å²) in [6.45, 7) is 3.23. The second-order valence-electron chi connectivity index (χ2n) is 4.19. The molecule has 0 heterocycles. The summed E-state index contributed by atoms with van der Waals surface area (Å²) in [5, 5.41) is -0.438. The van der Waals surface area contributed by atoms with Crippen molar-refractivity contribution in [2.24, 2.45) is 0 Å². The molecule has 0 aromatic heterocycles. The predicted octanol–water partition coefficient (Wildman–Crippen LogP) is 2.77. The van der Waals surface area contributed by atoms with Gasteiger partial charge < -0.3 is 4.74 Å². The maximum absolute atomic E-state index is 13.1. The van der Waals surface area contributed by atoms with Crippen molar-refractivity contribution in [1.82, 2.24) is 0 Å². The minimum absolute atomic E-state index is 0.00565. The molecular formula is C12H16ClFO3S. The minimum Gasteiger partial charge on any atom is -0.492 e. The fourth-order valence-corrected chi connectivity index (χ4v) is 2.23. The molecule has 0 spiro atoms. The zero-order chi connectivity index (χ0) is 13.8. The zero-order valence-corrected chi connectivity index (χ0v) is 11.9. The van der Waals surface area contributed by atoms with Gasteiger partial charge in [-0.15, -0.1) is 11.6 Å². The van der Waals surface area contributed by atoms with Crippen LogP contribution in [0, 0.1) is 5.82 Å². The number of sulfone groups is 1. The van der Waals surface area contributed by atoms with Crippen LogP contribution < -0.4 is 4.74 Å². The van der Waals surface area contributed by atoms with Crippen LogP contribution in [0.25, 0.3) is 0 Å². The third-order valence-electron chi connectivity index (χ3n) is 2.44. The molecule has 1 aromatic carbocycles. The second kappa shape index (κ2) is 6.38. The van der Waals surface area contributed by atoms with E-state index in [0.717, 1.165) is 0 Å². The highest BCUT2D eigenvalue weighted by molar-refractivity contribution is 7.91. The maximum Gasteiger partial charge on any atom is 0.155 e. The Hall–Kier alpha value is -0.810. The zero-order valence-electron chi connectivity index (χ0n) is 10.3. The lowest BCUT2D eigenvalue weighted by atomic mass is 10.2. The van der Waals surface area contributed by atoms with E-state index in [-0.39, 0.29) is 18.2 Å². The van der Waals surface area contributed by atoms with Crippen molar-refractivity contribution in [2.75, 3.05) is 12.4 Å². The van der Waals surface area contributed by atoms with Gasteiger partial charge >= 0.3 is 0 Å². The van der Waals surface area contributed by atoms with E-state index in [1.54, 1.807) is 19.9 Å². The summed E-state index contributed by atoms with van der Waals surface area (Å²) < 4.78 is 41.5. The van der Waals surface area contributed by atoms with Crippen molar-refractivity contribution in [3.63, 3.8) is 0 Å². The van der Waals surface area contributed by atoms with Gasteiger partial charge in [0.25, 0.3) is 0 Å². The molecular weight excluding hydrogens is 279 g/mol. The van der Waals surface area contributed by atoms with E-state index in [9.17, 15) is 12.8 Å². The summed E-state index contributed by atoms with van der Waals surface area (Å²) in [5.74, 6) is -0.0602. The lowest BCUT2D eigenvalue weighted by Gasteiger charge is -2.10. The lowest BCUT2D eigenvalue weighted by Crippen LogP contribution is -2.22. The number of hydrogen-bond donors (Lipinski definition) is 0. The molecule has 0 saturated heterocycles. The van der Waals surface area contributed by atoms with Crippen LogP contribution in [-0.4, -0.2) is 26.0 Å². The van der Waals surface area contributed by atoms with E-state index in [1.165, 1.54) is 12.1 Å². The number of benzene rings is 1. The monoisotopic (exact) mass is 294 g/mol.